The van der Waals surface area contributed by atoms with Gasteiger partial charge in [0.15, 0.2) is 0 Å². The molecule has 2 heterocycles. The lowest BCUT2D eigenvalue weighted by molar-refractivity contribution is -0.146. The maximum Gasteiger partial charge on any atom is 0.250 e. The normalized spacial score (nSPS) is 26.5. The van der Waals surface area contributed by atoms with Crippen molar-refractivity contribution in [3.05, 3.63) is 42.0 Å². The zero-order valence-electron chi connectivity index (χ0n) is 13.6. The van der Waals surface area contributed by atoms with Crippen molar-refractivity contribution in [1.82, 2.24) is 4.90 Å². The first kappa shape index (κ1) is 15.1. The van der Waals surface area contributed by atoms with Crippen LogP contribution >= 0.6 is 0 Å². The van der Waals surface area contributed by atoms with Crippen molar-refractivity contribution in [1.29, 1.82) is 0 Å². The maximum atomic E-state index is 13.0. The third kappa shape index (κ3) is 2.11. The molecule has 1 saturated heterocycles. The van der Waals surface area contributed by atoms with Crippen molar-refractivity contribution >= 4 is 23.4 Å². The number of benzene rings is 1. The lowest BCUT2D eigenvalue weighted by atomic mass is 9.85. The van der Waals surface area contributed by atoms with Crippen molar-refractivity contribution in [2.75, 3.05) is 11.4 Å². The summed E-state index contributed by atoms with van der Waals surface area (Å²) >= 11 is 0. The van der Waals surface area contributed by atoms with Gasteiger partial charge in [0, 0.05) is 12.2 Å². The predicted octanol–water partition coefficient (Wildman–Crippen LogP) is 1.92. The van der Waals surface area contributed by atoms with Gasteiger partial charge in [-0.2, -0.15) is 0 Å². The van der Waals surface area contributed by atoms with Crippen LogP contribution in [0.2, 0.25) is 0 Å². The van der Waals surface area contributed by atoms with Crippen molar-refractivity contribution in [3.8, 4) is 0 Å². The molecule has 0 saturated carbocycles. The number of carbonyl (C=O) groups excluding carboxylic acids is 3. The largest absolute Gasteiger partial charge is 0.310 e. The highest BCUT2D eigenvalue weighted by Crippen LogP contribution is 2.37. The van der Waals surface area contributed by atoms with Gasteiger partial charge in [-0.05, 0) is 37.8 Å². The van der Waals surface area contributed by atoms with Crippen molar-refractivity contribution in [2.24, 2.45) is 11.8 Å². The van der Waals surface area contributed by atoms with E-state index in [4.69, 9.17) is 0 Å². The first-order chi connectivity index (χ1) is 11.6. The Balaban J connectivity index is 1.58. The molecular formula is C19H20N2O3. The van der Waals surface area contributed by atoms with Crippen LogP contribution in [0.25, 0.3) is 0 Å². The van der Waals surface area contributed by atoms with E-state index in [-0.39, 0.29) is 29.6 Å². The van der Waals surface area contributed by atoms with Gasteiger partial charge in [-0.1, -0.05) is 30.4 Å². The summed E-state index contributed by atoms with van der Waals surface area (Å²) < 4.78 is 0. The monoisotopic (exact) mass is 324 g/mol. The molecule has 0 unspecified atom stereocenters. The molecule has 0 spiro atoms. The number of anilines is 1. The summed E-state index contributed by atoms with van der Waals surface area (Å²) in [6, 6.07) is 7.05. The third-order valence-corrected chi connectivity index (χ3v) is 5.44. The zero-order chi connectivity index (χ0) is 16.8. The molecule has 24 heavy (non-hydrogen) atoms. The fraction of sp³-hybridized carbons (Fsp3) is 0.421. The van der Waals surface area contributed by atoms with E-state index < -0.39 is 6.04 Å². The molecule has 0 N–H and O–H groups in total. The Hall–Kier alpha value is -2.43. The number of para-hydroxylation sites is 1. The van der Waals surface area contributed by atoms with E-state index >= 15 is 0 Å². The van der Waals surface area contributed by atoms with Crippen LogP contribution in [0, 0.1) is 11.8 Å². The number of hydrogen-bond donors (Lipinski definition) is 0. The highest BCUT2D eigenvalue weighted by Gasteiger charge is 2.50. The fourth-order valence-corrected chi connectivity index (χ4v) is 4.11. The van der Waals surface area contributed by atoms with Crippen LogP contribution in [0.4, 0.5) is 5.69 Å². The Kier molecular flexibility index (Phi) is 3.52. The lowest BCUT2D eigenvalue weighted by Crippen LogP contribution is -2.49. The smallest absolute Gasteiger partial charge is 0.250 e. The lowest BCUT2D eigenvalue weighted by Gasteiger charge is -2.27. The molecule has 1 aromatic carbocycles. The van der Waals surface area contributed by atoms with Gasteiger partial charge >= 0.3 is 0 Å². The molecule has 1 fully saturated rings. The summed E-state index contributed by atoms with van der Waals surface area (Å²) in [5.74, 6) is -1.13. The Morgan fingerprint density at radius 3 is 2.38 bits per heavy atom. The fourth-order valence-electron chi connectivity index (χ4n) is 4.11. The Morgan fingerprint density at radius 2 is 1.71 bits per heavy atom. The number of carbonyl (C=O) groups is 3. The summed E-state index contributed by atoms with van der Waals surface area (Å²) in [7, 11) is 0. The number of likely N-dealkylation sites (tertiary alicyclic amines) is 1. The number of fused-ring (bicyclic) bond motifs is 2. The van der Waals surface area contributed by atoms with Crippen molar-refractivity contribution in [3.63, 3.8) is 0 Å². The molecule has 3 amide bonds. The molecule has 0 bridgehead atoms. The molecule has 2 aliphatic heterocycles. The minimum Gasteiger partial charge on any atom is -0.310 e. The first-order valence-corrected chi connectivity index (χ1v) is 8.51. The SMILES string of the molecule is C[C@@H](C(=O)N1CCc2ccccc21)N1C(=O)[C@H]2CC=CC[C@H]2C1=O. The third-order valence-electron chi connectivity index (χ3n) is 5.44. The Morgan fingerprint density at radius 1 is 1.08 bits per heavy atom. The van der Waals surface area contributed by atoms with E-state index in [2.05, 4.69) is 0 Å². The summed E-state index contributed by atoms with van der Waals surface area (Å²) in [4.78, 5) is 41.2. The molecular weight excluding hydrogens is 304 g/mol. The molecule has 0 aromatic heterocycles. The molecule has 5 nitrogen and oxygen atoms in total. The van der Waals surface area contributed by atoms with Crippen LogP contribution in [0.1, 0.15) is 25.3 Å². The molecule has 124 valence electrons. The molecule has 5 heteroatoms. The summed E-state index contributed by atoms with van der Waals surface area (Å²) in [5, 5.41) is 0. The first-order valence-electron chi connectivity index (χ1n) is 8.51. The second kappa shape index (κ2) is 5.58. The minimum absolute atomic E-state index is 0.173. The molecule has 0 radical (unpaired) electrons. The molecule has 1 aromatic rings. The number of nitrogens with zero attached hydrogens (tertiary/aromatic N) is 2. The van der Waals surface area contributed by atoms with Gasteiger partial charge in [-0.25, -0.2) is 0 Å². The van der Waals surface area contributed by atoms with Gasteiger partial charge in [0.25, 0.3) is 0 Å². The van der Waals surface area contributed by atoms with Crippen LogP contribution in [0.5, 0.6) is 0 Å². The maximum absolute atomic E-state index is 13.0. The van der Waals surface area contributed by atoms with Crippen LogP contribution in [0.15, 0.2) is 36.4 Å². The van der Waals surface area contributed by atoms with Gasteiger partial charge in [-0.3, -0.25) is 19.3 Å². The van der Waals surface area contributed by atoms with Gasteiger partial charge in [0.2, 0.25) is 17.7 Å². The standard InChI is InChI=1S/C19H20N2O3/c1-12(17(22)20-11-10-13-6-2-5-9-16(13)20)21-18(23)14-7-3-4-8-15(14)19(21)24/h2-6,9,12,14-15H,7-8,10-11H2,1H3/t12-,14-,15+/m0/s1. The number of rotatable bonds is 2. The van der Waals surface area contributed by atoms with Crippen LogP contribution in [0.3, 0.4) is 0 Å². The number of allylic oxidation sites excluding steroid dienone is 2. The predicted molar refractivity (Wildman–Crippen MR) is 89.2 cm³/mol. The number of hydrogen-bond acceptors (Lipinski definition) is 3. The average molecular weight is 324 g/mol. The number of imide groups is 1. The van der Waals surface area contributed by atoms with E-state index in [1.54, 1.807) is 11.8 Å². The van der Waals surface area contributed by atoms with E-state index in [0.29, 0.717) is 19.4 Å². The topological polar surface area (TPSA) is 57.7 Å². The van der Waals surface area contributed by atoms with Crippen LogP contribution < -0.4 is 4.90 Å². The van der Waals surface area contributed by atoms with Gasteiger partial charge < -0.3 is 4.90 Å². The van der Waals surface area contributed by atoms with E-state index in [9.17, 15) is 14.4 Å². The summed E-state index contributed by atoms with van der Waals surface area (Å²) in [6.45, 7) is 2.27. The van der Waals surface area contributed by atoms with Crippen molar-refractivity contribution in [2.45, 2.75) is 32.2 Å². The molecule has 1 aliphatic carbocycles. The van der Waals surface area contributed by atoms with Gasteiger partial charge in [0.05, 0.1) is 11.8 Å². The molecule has 3 atom stereocenters. The second-order valence-electron chi connectivity index (χ2n) is 6.75. The minimum atomic E-state index is -0.748. The summed E-state index contributed by atoms with van der Waals surface area (Å²) in [5.41, 5.74) is 2.03. The zero-order valence-corrected chi connectivity index (χ0v) is 13.6. The summed E-state index contributed by atoms with van der Waals surface area (Å²) in [6.07, 6.45) is 5.92. The molecule has 4 rings (SSSR count). The second-order valence-corrected chi connectivity index (χ2v) is 6.75. The van der Waals surface area contributed by atoms with E-state index in [1.165, 1.54) is 4.90 Å². The number of amides is 3. The quantitative estimate of drug-likeness (QED) is 0.617. The highest BCUT2D eigenvalue weighted by molar-refractivity contribution is 6.10. The van der Waals surface area contributed by atoms with Gasteiger partial charge in [-0.15, -0.1) is 0 Å². The Labute approximate surface area is 140 Å². The highest BCUT2D eigenvalue weighted by atomic mass is 16.2. The average Bonchev–Trinajstić information content (AvgIpc) is 3.14. The van der Waals surface area contributed by atoms with Crippen molar-refractivity contribution < 1.29 is 14.4 Å². The van der Waals surface area contributed by atoms with E-state index in [0.717, 1.165) is 17.7 Å². The Bertz CT molecular complexity index is 729. The van der Waals surface area contributed by atoms with Crippen LogP contribution in [-0.2, 0) is 20.8 Å². The molecule has 3 aliphatic rings. The van der Waals surface area contributed by atoms with E-state index in [1.807, 2.05) is 36.4 Å². The van der Waals surface area contributed by atoms with Gasteiger partial charge in [0.1, 0.15) is 6.04 Å². The van der Waals surface area contributed by atoms with Crippen LogP contribution in [-0.4, -0.2) is 35.2 Å².